The minimum Gasteiger partial charge on any atom is -0.310 e. The summed E-state index contributed by atoms with van der Waals surface area (Å²) < 4.78 is 25.1. The van der Waals surface area contributed by atoms with Gasteiger partial charge in [-0.1, -0.05) is 0 Å². The zero-order valence-electron chi connectivity index (χ0n) is 12.6. The summed E-state index contributed by atoms with van der Waals surface area (Å²) in [6.45, 7) is 0. The van der Waals surface area contributed by atoms with Gasteiger partial charge in [-0.2, -0.15) is 0 Å². The molecule has 22 heavy (non-hydrogen) atoms. The van der Waals surface area contributed by atoms with E-state index in [-0.39, 0.29) is 10.8 Å². The molecule has 0 aliphatic carbocycles. The second-order valence-corrected chi connectivity index (χ2v) is 7.04. The Morgan fingerprint density at radius 2 is 1.68 bits per heavy atom. The molecule has 0 aliphatic heterocycles. The van der Waals surface area contributed by atoms with E-state index >= 15 is 0 Å². The van der Waals surface area contributed by atoms with Crippen molar-refractivity contribution >= 4 is 21.6 Å². The normalized spacial score (nSPS) is 11.5. The molecule has 2 rings (SSSR count). The second-order valence-electron chi connectivity index (χ2n) is 4.89. The van der Waals surface area contributed by atoms with Crippen molar-refractivity contribution in [3.8, 4) is 0 Å². The highest BCUT2D eigenvalue weighted by molar-refractivity contribution is 7.89. The fourth-order valence-corrected chi connectivity index (χ4v) is 2.75. The number of carbonyl (C=O) groups excluding carboxylic acids is 1. The first kappa shape index (κ1) is 16.1. The van der Waals surface area contributed by atoms with E-state index in [4.69, 9.17) is 0 Å². The SMILES string of the molecule is CN(C(=O)c1ccc(S(=O)(=O)N(C)C)cc1)c1cccnc1. The highest BCUT2D eigenvalue weighted by Gasteiger charge is 2.19. The Kier molecular flexibility index (Phi) is 4.58. The Labute approximate surface area is 130 Å². The van der Waals surface area contributed by atoms with Gasteiger partial charge in [-0.25, -0.2) is 12.7 Å². The Morgan fingerprint density at radius 3 is 2.18 bits per heavy atom. The first-order chi connectivity index (χ1) is 10.3. The van der Waals surface area contributed by atoms with Crippen LogP contribution in [0.5, 0.6) is 0 Å². The number of benzene rings is 1. The Hall–Kier alpha value is -2.25. The molecule has 0 fully saturated rings. The van der Waals surface area contributed by atoms with Crippen molar-refractivity contribution in [3.05, 3.63) is 54.4 Å². The van der Waals surface area contributed by atoms with Crippen molar-refractivity contribution in [1.29, 1.82) is 0 Å². The smallest absolute Gasteiger partial charge is 0.258 e. The van der Waals surface area contributed by atoms with Gasteiger partial charge in [-0.05, 0) is 36.4 Å². The fourth-order valence-electron chi connectivity index (χ4n) is 1.84. The Balaban J connectivity index is 2.26. The maximum Gasteiger partial charge on any atom is 0.258 e. The summed E-state index contributed by atoms with van der Waals surface area (Å²) in [5.74, 6) is -0.234. The molecule has 0 saturated heterocycles. The highest BCUT2D eigenvalue weighted by atomic mass is 32.2. The van der Waals surface area contributed by atoms with Crippen molar-refractivity contribution < 1.29 is 13.2 Å². The lowest BCUT2D eigenvalue weighted by molar-refractivity contribution is 0.0993. The third kappa shape index (κ3) is 3.15. The summed E-state index contributed by atoms with van der Waals surface area (Å²) in [6, 6.07) is 9.39. The zero-order valence-corrected chi connectivity index (χ0v) is 13.4. The summed E-state index contributed by atoms with van der Waals surface area (Å²) in [6.07, 6.45) is 3.21. The molecule has 0 spiro atoms. The number of aromatic nitrogens is 1. The van der Waals surface area contributed by atoms with Gasteiger partial charge >= 0.3 is 0 Å². The molecule has 1 amide bonds. The molecule has 0 unspecified atom stereocenters. The lowest BCUT2D eigenvalue weighted by Crippen LogP contribution is -2.26. The van der Waals surface area contributed by atoms with Crippen molar-refractivity contribution in [2.45, 2.75) is 4.90 Å². The molecule has 0 N–H and O–H groups in total. The molecule has 0 aliphatic rings. The van der Waals surface area contributed by atoms with Crippen molar-refractivity contribution in [1.82, 2.24) is 9.29 Å². The number of rotatable bonds is 4. The van der Waals surface area contributed by atoms with Crippen LogP contribution in [0.25, 0.3) is 0 Å². The number of sulfonamides is 1. The number of nitrogens with zero attached hydrogens (tertiary/aromatic N) is 3. The van der Waals surface area contributed by atoms with Crippen LogP contribution in [0, 0.1) is 0 Å². The van der Waals surface area contributed by atoms with Crippen LogP contribution in [0.3, 0.4) is 0 Å². The van der Waals surface area contributed by atoms with Crippen LogP contribution in [-0.4, -0.2) is 44.8 Å². The van der Waals surface area contributed by atoms with Crippen LogP contribution in [0.2, 0.25) is 0 Å². The number of anilines is 1. The van der Waals surface area contributed by atoms with Gasteiger partial charge in [0, 0.05) is 32.9 Å². The summed E-state index contributed by atoms with van der Waals surface area (Å²) in [5.41, 5.74) is 1.07. The lowest BCUT2D eigenvalue weighted by Gasteiger charge is -2.17. The molecule has 7 heteroatoms. The van der Waals surface area contributed by atoms with Gasteiger partial charge in [0.1, 0.15) is 0 Å². The van der Waals surface area contributed by atoms with Gasteiger partial charge in [0.2, 0.25) is 10.0 Å². The van der Waals surface area contributed by atoms with Crippen molar-refractivity contribution in [3.63, 3.8) is 0 Å². The standard InChI is InChI=1S/C15H17N3O3S/c1-17(2)22(20,21)14-8-6-12(7-9-14)15(19)18(3)13-5-4-10-16-11-13/h4-11H,1-3H3. The lowest BCUT2D eigenvalue weighted by atomic mass is 10.2. The summed E-state index contributed by atoms with van der Waals surface area (Å²) in [5, 5.41) is 0. The van der Waals surface area contributed by atoms with E-state index in [0.717, 1.165) is 4.31 Å². The van der Waals surface area contributed by atoms with Gasteiger partial charge in [-0.15, -0.1) is 0 Å². The van der Waals surface area contributed by atoms with Crippen LogP contribution in [0.15, 0.2) is 53.7 Å². The average Bonchev–Trinajstić information content (AvgIpc) is 2.54. The van der Waals surface area contributed by atoms with E-state index < -0.39 is 10.0 Å². The van der Waals surface area contributed by atoms with Crippen LogP contribution in [-0.2, 0) is 10.0 Å². The molecule has 0 radical (unpaired) electrons. The molecule has 6 nitrogen and oxygen atoms in total. The minimum atomic E-state index is -3.49. The largest absolute Gasteiger partial charge is 0.310 e. The van der Waals surface area contributed by atoms with Crippen molar-refractivity contribution in [2.24, 2.45) is 0 Å². The van der Waals surface area contributed by atoms with Gasteiger partial charge < -0.3 is 4.90 Å². The maximum absolute atomic E-state index is 12.4. The number of pyridine rings is 1. The van der Waals surface area contributed by atoms with Crippen LogP contribution in [0.1, 0.15) is 10.4 Å². The zero-order chi connectivity index (χ0) is 16.3. The topological polar surface area (TPSA) is 70.6 Å². The van der Waals surface area contributed by atoms with Gasteiger partial charge in [0.15, 0.2) is 0 Å². The molecule has 1 aromatic carbocycles. The number of amides is 1. The van der Waals surface area contributed by atoms with E-state index in [1.165, 1.54) is 43.3 Å². The number of carbonyl (C=O) groups is 1. The van der Waals surface area contributed by atoms with Gasteiger partial charge in [0.25, 0.3) is 5.91 Å². The average molecular weight is 319 g/mol. The second kappa shape index (κ2) is 6.25. The molecule has 1 aromatic heterocycles. The Bertz CT molecular complexity index is 756. The molecule has 0 atom stereocenters. The predicted molar refractivity (Wildman–Crippen MR) is 84.3 cm³/mol. The van der Waals surface area contributed by atoms with Crippen LogP contribution in [0.4, 0.5) is 5.69 Å². The van der Waals surface area contributed by atoms with E-state index in [0.29, 0.717) is 11.3 Å². The summed E-state index contributed by atoms with van der Waals surface area (Å²) in [7, 11) is 1.08. The van der Waals surface area contributed by atoms with E-state index in [2.05, 4.69) is 4.98 Å². The predicted octanol–water partition coefficient (Wildman–Crippen LogP) is 1.61. The van der Waals surface area contributed by atoms with E-state index in [1.807, 2.05) is 0 Å². The molecular formula is C15H17N3O3S. The molecule has 2 aromatic rings. The quantitative estimate of drug-likeness (QED) is 0.858. The summed E-state index contributed by atoms with van der Waals surface area (Å²) >= 11 is 0. The first-order valence-electron chi connectivity index (χ1n) is 6.54. The van der Waals surface area contributed by atoms with Crippen LogP contribution >= 0.6 is 0 Å². The number of hydrogen-bond acceptors (Lipinski definition) is 4. The van der Waals surface area contributed by atoms with E-state index in [9.17, 15) is 13.2 Å². The first-order valence-corrected chi connectivity index (χ1v) is 7.98. The van der Waals surface area contributed by atoms with Gasteiger partial charge in [0.05, 0.1) is 16.8 Å². The fraction of sp³-hybridized carbons (Fsp3) is 0.200. The monoisotopic (exact) mass is 319 g/mol. The molecular weight excluding hydrogens is 302 g/mol. The summed E-state index contributed by atoms with van der Waals surface area (Å²) in [4.78, 5) is 18.0. The van der Waals surface area contributed by atoms with Crippen LogP contribution < -0.4 is 4.90 Å². The number of hydrogen-bond donors (Lipinski definition) is 0. The minimum absolute atomic E-state index is 0.151. The van der Waals surface area contributed by atoms with Crippen molar-refractivity contribution in [2.75, 3.05) is 26.0 Å². The highest BCUT2D eigenvalue weighted by Crippen LogP contribution is 2.17. The van der Waals surface area contributed by atoms with E-state index in [1.54, 1.807) is 31.6 Å². The molecule has 0 saturated carbocycles. The molecule has 1 heterocycles. The third-order valence-corrected chi connectivity index (χ3v) is 5.05. The molecule has 0 bridgehead atoms. The Morgan fingerprint density at radius 1 is 1.05 bits per heavy atom. The van der Waals surface area contributed by atoms with Gasteiger partial charge in [-0.3, -0.25) is 9.78 Å². The third-order valence-electron chi connectivity index (χ3n) is 3.22. The maximum atomic E-state index is 12.4. The molecule has 116 valence electrons.